The summed E-state index contributed by atoms with van der Waals surface area (Å²) in [4.78, 5) is 20.6. The van der Waals surface area contributed by atoms with E-state index in [9.17, 15) is 4.79 Å². The highest BCUT2D eigenvalue weighted by Gasteiger charge is 2.15. The fraction of sp³-hybridized carbons (Fsp3) is 0.615. The molecule has 3 N–H and O–H groups in total. The highest BCUT2D eigenvalue weighted by molar-refractivity contribution is 5.84. The van der Waals surface area contributed by atoms with Crippen molar-refractivity contribution in [2.24, 2.45) is 0 Å². The first-order chi connectivity index (χ1) is 9.03. The molecule has 19 heavy (non-hydrogen) atoms. The van der Waals surface area contributed by atoms with E-state index in [-0.39, 0.29) is 11.9 Å². The normalized spacial score (nSPS) is 11.8. The molecule has 1 atom stereocenters. The SMILES string of the molecule is CCNC(=O)C(C)Nc1nc(CC)nc(NC)c1C. The maximum Gasteiger partial charge on any atom is 0.242 e. The topological polar surface area (TPSA) is 78.9 Å². The fourth-order valence-corrected chi connectivity index (χ4v) is 1.70. The Balaban J connectivity index is 2.96. The first kappa shape index (κ1) is 15.2. The van der Waals surface area contributed by atoms with E-state index in [1.54, 1.807) is 0 Å². The minimum atomic E-state index is -0.331. The Bertz CT molecular complexity index is 447. The lowest BCUT2D eigenvalue weighted by molar-refractivity contribution is -0.121. The molecule has 6 nitrogen and oxygen atoms in total. The number of aromatic nitrogens is 2. The number of carbonyl (C=O) groups excluding carboxylic acids is 1. The van der Waals surface area contributed by atoms with E-state index in [1.165, 1.54) is 0 Å². The molecular weight excluding hydrogens is 242 g/mol. The Morgan fingerprint density at radius 3 is 2.42 bits per heavy atom. The Hall–Kier alpha value is -1.85. The first-order valence-corrected chi connectivity index (χ1v) is 6.62. The summed E-state index contributed by atoms with van der Waals surface area (Å²) in [5, 5.41) is 8.97. The smallest absolute Gasteiger partial charge is 0.242 e. The van der Waals surface area contributed by atoms with Crippen LogP contribution in [0, 0.1) is 6.92 Å². The molecule has 1 heterocycles. The van der Waals surface area contributed by atoms with Crippen molar-refractivity contribution in [1.82, 2.24) is 15.3 Å². The van der Waals surface area contributed by atoms with Gasteiger partial charge in [0, 0.05) is 25.6 Å². The van der Waals surface area contributed by atoms with Crippen LogP contribution in [0.15, 0.2) is 0 Å². The van der Waals surface area contributed by atoms with Crippen LogP contribution in [0.2, 0.25) is 0 Å². The highest BCUT2D eigenvalue weighted by Crippen LogP contribution is 2.20. The van der Waals surface area contributed by atoms with E-state index in [0.717, 1.165) is 23.6 Å². The second kappa shape index (κ2) is 6.92. The highest BCUT2D eigenvalue weighted by atomic mass is 16.2. The number of anilines is 2. The van der Waals surface area contributed by atoms with Gasteiger partial charge < -0.3 is 16.0 Å². The van der Waals surface area contributed by atoms with Crippen molar-refractivity contribution < 1.29 is 4.79 Å². The molecule has 0 aliphatic rings. The third kappa shape index (κ3) is 3.81. The number of likely N-dealkylation sites (N-methyl/N-ethyl adjacent to an activating group) is 1. The predicted octanol–water partition coefficient (Wildman–Crippen LogP) is 1.33. The van der Waals surface area contributed by atoms with E-state index < -0.39 is 0 Å². The molecule has 0 radical (unpaired) electrons. The summed E-state index contributed by atoms with van der Waals surface area (Å²) in [6, 6.07) is -0.331. The van der Waals surface area contributed by atoms with Gasteiger partial charge in [-0.1, -0.05) is 6.92 Å². The van der Waals surface area contributed by atoms with Gasteiger partial charge in [-0.25, -0.2) is 9.97 Å². The quantitative estimate of drug-likeness (QED) is 0.723. The van der Waals surface area contributed by atoms with Gasteiger partial charge in [0.1, 0.15) is 23.5 Å². The van der Waals surface area contributed by atoms with E-state index in [1.807, 2.05) is 34.7 Å². The van der Waals surface area contributed by atoms with Crippen molar-refractivity contribution in [3.8, 4) is 0 Å². The van der Waals surface area contributed by atoms with Crippen LogP contribution in [0.3, 0.4) is 0 Å². The number of rotatable bonds is 6. The molecule has 0 aliphatic heterocycles. The molecule has 1 rings (SSSR count). The molecule has 0 fully saturated rings. The minimum Gasteiger partial charge on any atom is -0.373 e. The average molecular weight is 265 g/mol. The molecule has 0 saturated carbocycles. The van der Waals surface area contributed by atoms with Crippen LogP contribution in [-0.2, 0) is 11.2 Å². The molecule has 0 aliphatic carbocycles. The van der Waals surface area contributed by atoms with Crippen LogP contribution in [0.4, 0.5) is 11.6 Å². The third-order valence-corrected chi connectivity index (χ3v) is 2.84. The molecule has 6 heteroatoms. The molecule has 0 aromatic carbocycles. The van der Waals surface area contributed by atoms with Crippen LogP contribution in [0.5, 0.6) is 0 Å². The number of aryl methyl sites for hydroxylation is 1. The van der Waals surface area contributed by atoms with E-state index >= 15 is 0 Å². The number of hydrogen-bond donors (Lipinski definition) is 3. The molecule has 1 aromatic rings. The van der Waals surface area contributed by atoms with Crippen molar-refractivity contribution in [1.29, 1.82) is 0 Å². The van der Waals surface area contributed by atoms with Crippen molar-refractivity contribution in [2.75, 3.05) is 24.2 Å². The largest absolute Gasteiger partial charge is 0.373 e. The van der Waals surface area contributed by atoms with Gasteiger partial charge in [0.15, 0.2) is 0 Å². The number of hydrogen-bond acceptors (Lipinski definition) is 5. The van der Waals surface area contributed by atoms with E-state index in [2.05, 4.69) is 25.9 Å². The molecule has 0 saturated heterocycles. The van der Waals surface area contributed by atoms with Gasteiger partial charge in [-0.15, -0.1) is 0 Å². The zero-order valence-corrected chi connectivity index (χ0v) is 12.3. The maximum absolute atomic E-state index is 11.7. The van der Waals surface area contributed by atoms with Gasteiger partial charge in [0.25, 0.3) is 0 Å². The van der Waals surface area contributed by atoms with Crippen LogP contribution < -0.4 is 16.0 Å². The van der Waals surface area contributed by atoms with Crippen molar-refractivity contribution >= 4 is 17.5 Å². The van der Waals surface area contributed by atoms with Crippen LogP contribution in [0.25, 0.3) is 0 Å². The molecule has 1 amide bonds. The van der Waals surface area contributed by atoms with Gasteiger partial charge in [0.2, 0.25) is 5.91 Å². The van der Waals surface area contributed by atoms with E-state index in [0.29, 0.717) is 12.4 Å². The summed E-state index contributed by atoms with van der Waals surface area (Å²) in [7, 11) is 1.83. The Labute approximate surface area is 114 Å². The molecular formula is C13H23N5O. The summed E-state index contributed by atoms with van der Waals surface area (Å²) < 4.78 is 0. The number of amides is 1. The van der Waals surface area contributed by atoms with Crippen molar-refractivity contribution in [2.45, 2.75) is 40.2 Å². The fourth-order valence-electron chi connectivity index (χ4n) is 1.70. The summed E-state index contributed by atoms with van der Waals surface area (Å²) in [6.45, 7) is 8.26. The van der Waals surface area contributed by atoms with E-state index in [4.69, 9.17) is 0 Å². The summed E-state index contributed by atoms with van der Waals surface area (Å²) in [5.74, 6) is 2.21. The zero-order chi connectivity index (χ0) is 14.4. The van der Waals surface area contributed by atoms with Crippen LogP contribution >= 0.6 is 0 Å². The Kier molecular flexibility index (Phi) is 5.54. The summed E-state index contributed by atoms with van der Waals surface area (Å²) >= 11 is 0. The second-order valence-corrected chi connectivity index (χ2v) is 4.33. The van der Waals surface area contributed by atoms with Crippen LogP contribution in [-0.4, -0.2) is 35.5 Å². The van der Waals surface area contributed by atoms with Gasteiger partial charge in [0.05, 0.1) is 0 Å². The van der Waals surface area contributed by atoms with Crippen molar-refractivity contribution in [3.05, 3.63) is 11.4 Å². The molecule has 1 unspecified atom stereocenters. The lowest BCUT2D eigenvalue weighted by Gasteiger charge is -2.17. The van der Waals surface area contributed by atoms with Gasteiger partial charge in [-0.05, 0) is 20.8 Å². The van der Waals surface area contributed by atoms with Crippen molar-refractivity contribution in [3.63, 3.8) is 0 Å². The lowest BCUT2D eigenvalue weighted by atomic mass is 10.2. The molecule has 1 aromatic heterocycles. The van der Waals surface area contributed by atoms with Gasteiger partial charge >= 0.3 is 0 Å². The Morgan fingerprint density at radius 1 is 1.26 bits per heavy atom. The first-order valence-electron chi connectivity index (χ1n) is 6.62. The monoisotopic (exact) mass is 265 g/mol. The van der Waals surface area contributed by atoms with Crippen LogP contribution in [0.1, 0.15) is 32.2 Å². The second-order valence-electron chi connectivity index (χ2n) is 4.33. The number of nitrogens with one attached hydrogen (secondary N) is 3. The zero-order valence-electron chi connectivity index (χ0n) is 12.3. The summed E-state index contributed by atoms with van der Waals surface area (Å²) in [6.07, 6.45) is 0.749. The third-order valence-electron chi connectivity index (χ3n) is 2.84. The lowest BCUT2D eigenvalue weighted by Crippen LogP contribution is -2.37. The molecule has 0 spiro atoms. The maximum atomic E-state index is 11.7. The standard InChI is InChI=1S/C13H23N5O/c1-6-10-17-11(14-5)8(3)12(18-10)16-9(4)13(19)15-7-2/h9H,6-7H2,1-5H3,(H,15,19)(H2,14,16,17,18). The number of nitrogens with zero attached hydrogens (tertiary/aromatic N) is 2. The minimum absolute atomic E-state index is 0.0374. The summed E-state index contributed by atoms with van der Waals surface area (Å²) in [5.41, 5.74) is 0.913. The number of carbonyl (C=O) groups is 1. The Morgan fingerprint density at radius 2 is 1.89 bits per heavy atom. The van der Waals surface area contributed by atoms with Gasteiger partial charge in [-0.2, -0.15) is 0 Å². The van der Waals surface area contributed by atoms with Gasteiger partial charge in [-0.3, -0.25) is 4.79 Å². The predicted molar refractivity (Wildman–Crippen MR) is 77.5 cm³/mol. The average Bonchev–Trinajstić information content (AvgIpc) is 2.41. The molecule has 106 valence electrons. The molecule has 0 bridgehead atoms.